The summed E-state index contributed by atoms with van der Waals surface area (Å²) in [6.45, 7) is 3.62. The van der Waals surface area contributed by atoms with Crippen molar-refractivity contribution in [2.45, 2.75) is 37.7 Å². The third kappa shape index (κ3) is 1.39. The van der Waals surface area contributed by atoms with Crippen LogP contribution in [-0.2, 0) is 0 Å². The molecule has 1 aliphatic heterocycles. The highest BCUT2D eigenvalue weighted by Gasteiger charge is 2.43. The van der Waals surface area contributed by atoms with Crippen molar-refractivity contribution in [1.82, 2.24) is 5.32 Å². The molecule has 4 unspecified atom stereocenters. The minimum Gasteiger partial charge on any atom is -0.389 e. The van der Waals surface area contributed by atoms with E-state index in [1.54, 1.807) is 6.92 Å². The van der Waals surface area contributed by atoms with Crippen molar-refractivity contribution in [3.63, 3.8) is 0 Å². The quantitative estimate of drug-likeness (QED) is 0.347. The van der Waals surface area contributed by atoms with E-state index in [-0.39, 0.29) is 6.04 Å². The minimum absolute atomic E-state index is 0.194. The van der Waals surface area contributed by atoms with E-state index in [1.807, 2.05) is 0 Å². The maximum absolute atomic E-state index is 9.61. The van der Waals surface area contributed by atoms with Gasteiger partial charge in [0.15, 0.2) is 0 Å². The lowest BCUT2D eigenvalue weighted by molar-refractivity contribution is -0.149. The molecule has 1 aliphatic rings. The van der Waals surface area contributed by atoms with Crippen LogP contribution in [0.4, 0.5) is 0 Å². The van der Waals surface area contributed by atoms with Gasteiger partial charge in [-0.3, -0.25) is 0 Å². The molecular formula is C7H15NO3. The number of β-amino-alcohol motifs (C(OH)–C–C–N with tert-alkyl or cyclic N) is 1. The molecule has 1 fully saturated rings. The first-order chi connectivity index (χ1) is 4.96. The van der Waals surface area contributed by atoms with Crippen LogP contribution in [0.25, 0.3) is 0 Å². The minimum atomic E-state index is -1.24. The summed E-state index contributed by atoms with van der Waals surface area (Å²) in [7, 11) is 0. The van der Waals surface area contributed by atoms with E-state index in [0.29, 0.717) is 6.54 Å². The fraction of sp³-hybridized carbons (Fsp3) is 1.00. The van der Waals surface area contributed by atoms with E-state index < -0.39 is 17.8 Å². The molecule has 4 nitrogen and oxygen atoms in total. The van der Waals surface area contributed by atoms with E-state index in [2.05, 4.69) is 5.32 Å². The fourth-order valence-corrected chi connectivity index (χ4v) is 1.26. The van der Waals surface area contributed by atoms with Gasteiger partial charge >= 0.3 is 0 Å². The van der Waals surface area contributed by atoms with Crippen molar-refractivity contribution < 1.29 is 15.3 Å². The summed E-state index contributed by atoms with van der Waals surface area (Å²) in [5, 5.41) is 31.0. The van der Waals surface area contributed by atoms with Crippen molar-refractivity contribution in [3.8, 4) is 0 Å². The van der Waals surface area contributed by atoms with Crippen LogP contribution in [0.2, 0.25) is 0 Å². The Bertz CT molecular complexity index is 149. The Kier molecular flexibility index (Phi) is 2.20. The summed E-state index contributed by atoms with van der Waals surface area (Å²) in [6, 6.07) is -0.194. The van der Waals surface area contributed by atoms with Gasteiger partial charge in [0.2, 0.25) is 0 Å². The molecule has 0 bridgehead atoms. The van der Waals surface area contributed by atoms with Crippen LogP contribution in [-0.4, -0.2) is 45.7 Å². The Hall–Kier alpha value is -0.160. The highest BCUT2D eigenvalue weighted by Crippen LogP contribution is 2.21. The molecule has 0 aromatic heterocycles. The van der Waals surface area contributed by atoms with Crippen LogP contribution in [0.15, 0.2) is 0 Å². The van der Waals surface area contributed by atoms with Crippen molar-refractivity contribution >= 4 is 0 Å². The molecule has 0 saturated carbocycles. The molecule has 66 valence electrons. The molecule has 0 aromatic carbocycles. The van der Waals surface area contributed by atoms with Crippen molar-refractivity contribution in [1.29, 1.82) is 0 Å². The first-order valence-corrected chi connectivity index (χ1v) is 3.78. The second-order valence-electron chi connectivity index (χ2n) is 3.37. The Morgan fingerprint density at radius 3 is 2.45 bits per heavy atom. The molecule has 4 N–H and O–H groups in total. The summed E-state index contributed by atoms with van der Waals surface area (Å²) >= 11 is 0. The number of hydrogen-bond donors (Lipinski definition) is 4. The van der Waals surface area contributed by atoms with Crippen LogP contribution >= 0.6 is 0 Å². The van der Waals surface area contributed by atoms with E-state index in [0.717, 1.165) is 0 Å². The number of hydrogen-bond acceptors (Lipinski definition) is 4. The molecule has 1 heterocycles. The third-order valence-corrected chi connectivity index (χ3v) is 2.47. The SMILES string of the molecule is CC1NCC(O)C(O)C1(C)O. The molecule has 1 rings (SSSR count). The van der Waals surface area contributed by atoms with E-state index >= 15 is 0 Å². The van der Waals surface area contributed by atoms with Gasteiger partial charge in [-0.2, -0.15) is 0 Å². The lowest BCUT2D eigenvalue weighted by atomic mass is 9.84. The summed E-state index contributed by atoms with van der Waals surface area (Å²) in [4.78, 5) is 0. The zero-order valence-electron chi connectivity index (χ0n) is 6.78. The number of piperidine rings is 1. The van der Waals surface area contributed by atoms with E-state index in [9.17, 15) is 10.2 Å². The highest BCUT2D eigenvalue weighted by atomic mass is 16.4. The van der Waals surface area contributed by atoms with Gasteiger partial charge in [-0.1, -0.05) is 0 Å². The first kappa shape index (κ1) is 8.93. The van der Waals surface area contributed by atoms with Gasteiger partial charge < -0.3 is 20.6 Å². The molecule has 0 radical (unpaired) electrons. The van der Waals surface area contributed by atoms with Crippen molar-refractivity contribution in [3.05, 3.63) is 0 Å². The first-order valence-electron chi connectivity index (χ1n) is 3.78. The number of aliphatic hydroxyl groups excluding tert-OH is 2. The van der Waals surface area contributed by atoms with Gasteiger partial charge in [-0.05, 0) is 13.8 Å². The summed E-state index contributed by atoms with van der Waals surface area (Å²) in [5.41, 5.74) is -1.24. The molecule has 4 heteroatoms. The molecule has 0 amide bonds. The van der Waals surface area contributed by atoms with Crippen LogP contribution in [0.1, 0.15) is 13.8 Å². The highest BCUT2D eigenvalue weighted by molar-refractivity contribution is 4.99. The largest absolute Gasteiger partial charge is 0.389 e. The fourth-order valence-electron chi connectivity index (χ4n) is 1.26. The number of aliphatic hydroxyl groups is 3. The van der Waals surface area contributed by atoms with Crippen LogP contribution in [0, 0.1) is 0 Å². The van der Waals surface area contributed by atoms with Gasteiger partial charge in [-0.25, -0.2) is 0 Å². The molecule has 11 heavy (non-hydrogen) atoms. The Balaban J connectivity index is 2.72. The topological polar surface area (TPSA) is 72.7 Å². The van der Waals surface area contributed by atoms with Gasteiger partial charge in [-0.15, -0.1) is 0 Å². The zero-order valence-corrected chi connectivity index (χ0v) is 6.78. The van der Waals surface area contributed by atoms with Crippen LogP contribution in [0.3, 0.4) is 0 Å². The third-order valence-electron chi connectivity index (χ3n) is 2.47. The Morgan fingerprint density at radius 2 is 2.00 bits per heavy atom. The maximum Gasteiger partial charge on any atom is 0.111 e. The monoisotopic (exact) mass is 161 g/mol. The normalized spacial score (nSPS) is 52.6. The lowest BCUT2D eigenvalue weighted by Crippen LogP contribution is -2.65. The summed E-state index contributed by atoms with van der Waals surface area (Å²) < 4.78 is 0. The summed E-state index contributed by atoms with van der Waals surface area (Å²) in [6.07, 6.45) is -1.93. The zero-order chi connectivity index (χ0) is 8.65. The molecule has 0 spiro atoms. The van der Waals surface area contributed by atoms with Gasteiger partial charge in [0, 0.05) is 12.6 Å². The average molecular weight is 161 g/mol. The molecule has 1 saturated heterocycles. The molecule has 0 aliphatic carbocycles. The number of rotatable bonds is 0. The number of nitrogens with one attached hydrogen (secondary N) is 1. The van der Waals surface area contributed by atoms with Crippen LogP contribution < -0.4 is 5.32 Å². The van der Waals surface area contributed by atoms with Gasteiger partial charge in [0.1, 0.15) is 11.7 Å². The van der Waals surface area contributed by atoms with Gasteiger partial charge in [0.05, 0.1) is 6.10 Å². The molecular weight excluding hydrogens is 146 g/mol. The predicted octanol–water partition coefficient (Wildman–Crippen LogP) is -1.55. The van der Waals surface area contributed by atoms with Crippen LogP contribution in [0.5, 0.6) is 0 Å². The lowest BCUT2D eigenvalue weighted by Gasteiger charge is -2.42. The maximum atomic E-state index is 9.61. The predicted molar refractivity (Wildman–Crippen MR) is 40.1 cm³/mol. The molecule has 4 atom stereocenters. The van der Waals surface area contributed by atoms with Crippen molar-refractivity contribution in [2.24, 2.45) is 0 Å². The second-order valence-corrected chi connectivity index (χ2v) is 3.37. The molecule has 0 aromatic rings. The van der Waals surface area contributed by atoms with Gasteiger partial charge in [0.25, 0.3) is 0 Å². The average Bonchev–Trinajstić information content (AvgIpc) is 1.95. The smallest absolute Gasteiger partial charge is 0.111 e. The Morgan fingerprint density at radius 1 is 1.45 bits per heavy atom. The van der Waals surface area contributed by atoms with E-state index in [1.165, 1.54) is 6.92 Å². The Labute approximate surface area is 65.9 Å². The second kappa shape index (κ2) is 2.71. The summed E-state index contributed by atoms with van der Waals surface area (Å²) in [5.74, 6) is 0. The van der Waals surface area contributed by atoms with Crippen molar-refractivity contribution in [2.75, 3.05) is 6.54 Å². The van der Waals surface area contributed by atoms with E-state index in [4.69, 9.17) is 5.11 Å². The standard InChI is InChI=1S/C7H15NO3/c1-4-7(2,11)6(10)5(9)3-8-4/h4-6,8-11H,3H2,1-2H3.